The quantitative estimate of drug-likeness (QED) is 0.451. The Morgan fingerprint density at radius 2 is 1.44 bits per heavy atom. The molecule has 0 aliphatic carbocycles. The molecule has 110 valence electrons. The first-order valence-corrected chi connectivity index (χ1v) is 8.88. The molecule has 0 atom stereocenters. The highest BCUT2D eigenvalue weighted by atomic mass is 32.2. The van der Waals surface area contributed by atoms with Gasteiger partial charge in [-0.15, -0.1) is 0 Å². The topological polar surface area (TPSA) is 118 Å². The fraction of sp³-hybridized carbons (Fsp3) is 1.00. The minimum absolute atomic E-state index is 0.190. The molecule has 0 saturated heterocycles. The van der Waals surface area contributed by atoms with Gasteiger partial charge in [0, 0.05) is 6.61 Å². The van der Waals surface area contributed by atoms with E-state index in [9.17, 15) is 16.8 Å². The zero-order valence-corrected chi connectivity index (χ0v) is 11.9. The molecule has 0 unspecified atom stereocenters. The lowest BCUT2D eigenvalue weighted by Crippen LogP contribution is -2.31. The summed E-state index contributed by atoms with van der Waals surface area (Å²) in [6.45, 7) is 2.22. The van der Waals surface area contributed by atoms with Crippen LogP contribution < -0.4 is 0 Å². The summed E-state index contributed by atoms with van der Waals surface area (Å²) in [5.74, 6) is -1.69. The van der Waals surface area contributed by atoms with Crippen molar-refractivity contribution in [3.8, 4) is 0 Å². The van der Waals surface area contributed by atoms with Gasteiger partial charge in [0.15, 0.2) is 0 Å². The summed E-state index contributed by atoms with van der Waals surface area (Å²) in [6, 6.07) is 0. The van der Waals surface area contributed by atoms with Gasteiger partial charge in [-0.1, -0.05) is 26.2 Å². The summed E-state index contributed by atoms with van der Waals surface area (Å²) in [5.41, 5.74) is 0. The Bertz CT molecular complexity index is 378. The average Bonchev–Trinajstić information content (AvgIpc) is 2.12. The molecule has 2 N–H and O–H groups in total. The molecule has 7 nitrogen and oxygen atoms in total. The highest BCUT2D eigenvalue weighted by Gasteiger charge is 2.23. The van der Waals surface area contributed by atoms with Gasteiger partial charge in [0.2, 0.25) is 0 Å². The van der Waals surface area contributed by atoms with Gasteiger partial charge in [0.1, 0.15) is 11.5 Å². The van der Waals surface area contributed by atoms with Crippen molar-refractivity contribution in [3.05, 3.63) is 0 Å². The Balaban J connectivity index is 4.22. The molecule has 0 bridgehead atoms. The summed E-state index contributed by atoms with van der Waals surface area (Å²) in [5, 5.41) is 0. The molecular weight excluding hydrogens is 284 g/mol. The van der Waals surface area contributed by atoms with E-state index in [2.05, 4.69) is 0 Å². The Morgan fingerprint density at radius 3 is 1.83 bits per heavy atom. The van der Waals surface area contributed by atoms with Gasteiger partial charge in [-0.05, 0) is 6.42 Å². The van der Waals surface area contributed by atoms with Crippen LogP contribution in [0, 0.1) is 0 Å². The first-order valence-electron chi connectivity index (χ1n) is 5.66. The zero-order valence-electron chi connectivity index (χ0n) is 10.3. The van der Waals surface area contributed by atoms with Gasteiger partial charge in [0.25, 0.3) is 20.2 Å². The third-order valence-electron chi connectivity index (χ3n) is 2.14. The maximum Gasteiger partial charge on any atom is 0.267 e. The maximum atomic E-state index is 10.7. The van der Waals surface area contributed by atoms with Crippen molar-refractivity contribution in [1.29, 1.82) is 0 Å². The summed E-state index contributed by atoms with van der Waals surface area (Å²) >= 11 is 0. The van der Waals surface area contributed by atoms with Crippen LogP contribution in [0.5, 0.6) is 0 Å². The number of hydrogen-bond acceptors (Lipinski definition) is 5. The van der Waals surface area contributed by atoms with Crippen molar-refractivity contribution in [1.82, 2.24) is 0 Å². The van der Waals surface area contributed by atoms with Gasteiger partial charge in [0.05, 0.1) is 6.10 Å². The van der Waals surface area contributed by atoms with Crippen LogP contribution in [0.3, 0.4) is 0 Å². The van der Waals surface area contributed by atoms with Crippen LogP contribution in [0.2, 0.25) is 0 Å². The molecule has 0 aromatic heterocycles. The van der Waals surface area contributed by atoms with Gasteiger partial charge in [-0.3, -0.25) is 9.11 Å². The van der Waals surface area contributed by atoms with E-state index < -0.39 is 37.8 Å². The Morgan fingerprint density at radius 1 is 0.944 bits per heavy atom. The molecule has 0 fully saturated rings. The molecule has 0 rings (SSSR count). The largest absolute Gasteiger partial charge is 0.376 e. The summed E-state index contributed by atoms with van der Waals surface area (Å²) < 4.78 is 65.0. The summed E-state index contributed by atoms with van der Waals surface area (Å²) in [7, 11) is -8.69. The number of hydrogen-bond donors (Lipinski definition) is 2. The van der Waals surface area contributed by atoms with Crippen molar-refractivity contribution in [2.75, 3.05) is 18.1 Å². The normalized spacial score (nSPS) is 13.1. The Hall–Kier alpha value is -0.220. The van der Waals surface area contributed by atoms with Crippen LogP contribution in [0.25, 0.3) is 0 Å². The zero-order chi connectivity index (χ0) is 14.2. The molecule has 0 aliphatic heterocycles. The number of unbranched alkanes of at least 4 members (excludes halogenated alkanes) is 3. The second-order valence-corrected chi connectivity index (χ2v) is 7.04. The lowest BCUT2D eigenvalue weighted by Gasteiger charge is -2.14. The predicted molar refractivity (Wildman–Crippen MR) is 66.7 cm³/mol. The number of rotatable bonds is 10. The fourth-order valence-corrected chi connectivity index (χ4v) is 2.91. The Labute approximate surface area is 108 Å². The number of ether oxygens (including phenoxy) is 1. The van der Waals surface area contributed by atoms with E-state index in [1.54, 1.807) is 0 Å². The summed E-state index contributed by atoms with van der Waals surface area (Å²) in [6.07, 6.45) is 2.34. The Kier molecular flexibility index (Phi) is 7.95. The van der Waals surface area contributed by atoms with Crippen molar-refractivity contribution < 1.29 is 30.7 Å². The van der Waals surface area contributed by atoms with Crippen LogP contribution in [0.1, 0.15) is 32.6 Å². The third-order valence-corrected chi connectivity index (χ3v) is 3.73. The van der Waals surface area contributed by atoms with Crippen LogP contribution >= 0.6 is 0 Å². The second kappa shape index (κ2) is 8.05. The van der Waals surface area contributed by atoms with Crippen molar-refractivity contribution in [3.63, 3.8) is 0 Å². The molecule has 0 radical (unpaired) electrons. The van der Waals surface area contributed by atoms with Crippen molar-refractivity contribution in [2.45, 2.75) is 38.7 Å². The molecule has 0 saturated carbocycles. The molecule has 0 aromatic carbocycles. The van der Waals surface area contributed by atoms with Crippen LogP contribution in [-0.2, 0) is 25.0 Å². The highest BCUT2D eigenvalue weighted by molar-refractivity contribution is 7.86. The molecule has 0 spiro atoms. The van der Waals surface area contributed by atoms with E-state index in [4.69, 9.17) is 13.8 Å². The van der Waals surface area contributed by atoms with Crippen molar-refractivity contribution in [2.24, 2.45) is 0 Å². The van der Waals surface area contributed by atoms with Gasteiger partial charge >= 0.3 is 0 Å². The van der Waals surface area contributed by atoms with E-state index in [-0.39, 0.29) is 6.61 Å². The SMILES string of the molecule is CCCCCCOC(CS(=O)(=O)O)CS(=O)(=O)O. The van der Waals surface area contributed by atoms with Crippen LogP contribution in [-0.4, -0.2) is 50.2 Å². The van der Waals surface area contributed by atoms with E-state index in [0.717, 1.165) is 19.3 Å². The molecular formula is C9H20O7S2. The molecule has 0 amide bonds. The minimum atomic E-state index is -4.34. The third kappa shape index (κ3) is 12.2. The monoisotopic (exact) mass is 304 g/mol. The van der Waals surface area contributed by atoms with E-state index >= 15 is 0 Å². The highest BCUT2D eigenvalue weighted by Crippen LogP contribution is 2.05. The van der Waals surface area contributed by atoms with Crippen LogP contribution in [0.4, 0.5) is 0 Å². The average molecular weight is 304 g/mol. The van der Waals surface area contributed by atoms with Crippen LogP contribution in [0.15, 0.2) is 0 Å². The van der Waals surface area contributed by atoms with Gasteiger partial charge in [-0.25, -0.2) is 0 Å². The molecule has 0 heterocycles. The standard InChI is InChI=1S/C9H20O7S2/c1-2-3-4-5-6-16-9(7-17(10,11)12)8-18(13,14)15/h9H,2-8H2,1H3,(H,10,11,12)(H,13,14,15). The fourth-order valence-electron chi connectivity index (χ4n) is 1.39. The van der Waals surface area contributed by atoms with Gasteiger partial charge < -0.3 is 4.74 Å². The van der Waals surface area contributed by atoms with Gasteiger partial charge in [-0.2, -0.15) is 16.8 Å². The minimum Gasteiger partial charge on any atom is -0.376 e. The maximum absolute atomic E-state index is 10.7. The van der Waals surface area contributed by atoms with Crippen molar-refractivity contribution >= 4 is 20.2 Å². The van der Waals surface area contributed by atoms with E-state index in [0.29, 0.717) is 6.42 Å². The first kappa shape index (κ1) is 17.8. The lowest BCUT2D eigenvalue weighted by molar-refractivity contribution is 0.0776. The smallest absolute Gasteiger partial charge is 0.267 e. The second-order valence-electron chi connectivity index (χ2n) is 4.05. The molecule has 0 aliphatic rings. The molecule has 18 heavy (non-hydrogen) atoms. The first-order chi connectivity index (χ1) is 8.14. The van der Waals surface area contributed by atoms with E-state index in [1.807, 2.05) is 6.92 Å². The summed E-state index contributed by atoms with van der Waals surface area (Å²) in [4.78, 5) is 0. The predicted octanol–water partition coefficient (Wildman–Crippen LogP) is 0.728. The molecule has 0 aromatic rings. The molecule has 9 heteroatoms. The van der Waals surface area contributed by atoms with E-state index in [1.165, 1.54) is 0 Å². The lowest BCUT2D eigenvalue weighted by atomic mass is 10.2.